The maximum absolute atomic E-state index is 11.4. The van der Waals surface area contributed by atoms with Crippen molar-refractivity contribution >= 4 is 21.6 Å². The summed E-state index contributed by atoms with van der Waals surface area (Å²) < 4.78 is 35.3. The minimum Gasteiger partial charge on any atom is -0.497 e. The molecule has 2 heterocycles. The second-order valence-corrected chi connectivity index (χ2v) is 9.00. The molecule has 0 fully saturated rings. The predicted octanol–water partition coefficient (Wildman–Crippen LogP) is 2.73. The fourth-order valence-corrected chi connectivity index (χ4v) is 4.47. The van der Waals surface area contributed by atoms with E-state index in [4.69, 9.17) is 9.15 Å². The molecule has 9 heteroatoms. The molecule has 7 nitrogen and oxygen atoms in total. The summed E-state index contributed by atoms with van der Waals surface area (Å²) in [6.07, 6.45) is 2.84. The van der Waals surface area contributed by atoms with E-state index in [1.54, 1.807) is 13.4 Å². The van der Waals surface area contributed by atoms with Crippen molar-refractivity contribution in [3.05, 3.63) is 48.4 Å². The van der Waals surface area contributed by atoms with Gasteiger partial charge in [0.1, 0.15) is 21.3 Å². The molecule has 0 saturated heterocycles. The Morgan fingerprint density at radius 3 is 2.58 bits per heavy atom. The molecule has 0 N–H and O–H groups in total. The van der Waals surface area contributed by atoms with Crippen LogP contribution in [0.4, 0.5) is 0 Å². The molecule has 1 aromatic carbocycles. The minimum atomic E-state index is -3.02. The first-order chi connectivity index (χ1) is 12.5. The predicted molar refractivity (Wildman–Crippen MR) is 100 cm³/mol. The zero-order valence-electron chi connectivity index (χ0n) is 14.5. The molecule has 0 spiro atoms. The van der Waals surface area contributed by atoms with Gasteiger partial charge in [0.2, 0.25) is 0 Å². The first-order valence-electron chi connectivity index (χ1n) is 7.87. The third kappa shape index (κ3) is 4.67. The molecule has 0 aliphatic rings. The Bertz CT molecular complexity index is 949. The second-order valence-electron chi connectivity index (χ2n) is 5.68. The van der Waals surface area contributed by atoms with Crippen LogP contribution in [0.25, 0.3) is 11.4 Å². The third-order valence-electron chi connectivity index (χ3n) is 3.64. The molecule has 0 atom stereocenters. The van der Waals surface area contributed by atoms with Gasteiger partial charge in [0, 0.05) is 17.6 Å². The molecule has 138 valence electrons. The Morgan fingerprint density at radius 2 is 1.96 bits per heavy atom. The van der Waals surface area contributed by atoms with Gasteiger partial charge in [-0.25, -0.2) is 8.42 Å². The van der Waals surface area contributed by atoms with Crippen molar-refractivity contribution in [3.8, 4) is 17.1 Å². The van der Waals surface area contributed by atoms with Crippen molar-refractivity contribution in [3.63, 3.8) is 0 Å². The number of thioether (sulfide) groups is 1. The summed E-state index contributed by atoms with van der Waals surface area (Å²) in [5, 5.41) is 9.19. The van der Waals surface area contributed by atoms with Crippen molar-refractivity contribution in [2.45, 2.75) is 11.7 Å². The van der Waals surface area contributed by atoms with Crippen LogP contribution in [-0.2, 0) is 16.4 Å². The van der Waals surface area contributed by atoms with E-state index in [-0.39, 0.29) is 5.75 Å². The van der Waals surface area contributed by atoms with Crippen molar-refractivity contribution in [2.24, 2.45) is 0 Å². The van der Waals surface area contributed by atoms with Gasteiger partial charge >= 0.3 is 0 Å². The van der Waals surface area contributed by atoms with Crippen LogP contribution in [0.15, 0.2) is 52.2 Å². The maximum Gasteiger partial charge on any atom is 0.191 e. The minimum absolute atomic E-state index is 0.0865. The van der Waals surface area contributed by atoms with E-state index in [2.05, 4.69) is 10.2 Å². The molecule has 0 radical (unpaired) electrons. The van der Waals surface area contributed by atoms with Crippen molar-refractivity contribution in [1.82, 2.24) is 14.8 Å². The average molecular weight is 393 g/mol. The van der Waals surface area contributed by atoms with E-state index in [1.165, 1.54) is 18.0 Å². The Morgan fingerprint density at radius 1 is 1.19 bits per heavy atom. The second kappa shape index (κ2) is 7.96. The molecule has 0 amide bonds. The van der Waals surface area contributed by atoms with Gasteiger partial charge in [-0.1, -0.05) is 11.8 Å². The monoisotopic (exact) mass is 393 g/mol. The summed E-state index contributed by atoms with van der Waals surface area (Å²) in [4.78, 5) is 0. The number of nitrogens with zero attached hydrogens (tertiary/aromatic N) is 3. The normalized spacial score (nSPS) is 11.6. The lowest BCUT2D eigenvalue weighted by atomic mass is 10.2. The lowest BCUT2D eigenvalue weighted by Gasteiger charge is -2.09. The van der Waals surface area contributed by atoms with Crippen molar-refractivity contribution < 1.29 is 17.6 Å². The molecule has 26 heavy (non-hydrogen) atoms. The summed E-state index contributed by atoms with van der Waals surface area (Å²) in [7, 11) is -1.40. The van der Waals surface area contributed by atoms with Gasteiger partial charge in [0.05, 0.1) is 25.7 Å². The number of benzene rings is 1. The standard InChI is InChI=1S/C17H19N3O4S2/c1-23-14-7-5-13(6-8-14)16-18-19-17(25-10-11-26(2,21)22)20(16)12-15-4-3-9-24-15/h3-9H,10-12H2,1-2H3. The van der Waals surface area contributed by atoms with E-state index < -0.39 is 9.84 Å². The molecule has 0 bridgehead atoms. The van der Waals surface area contributed by atoms with Crippen molar-refractivity contribution in [1.29, 1.82) is 0 Å². The molecule has 3 aromatic rings. The van der Waals surface area contributed by atoms with Crippen LogP contribution in [0.1, 0.15) is 5.76 Å². The van der Waals surface area contributed by atoms with Crippen LogP contribution < -0.4 is 4.74 Å². The number of furan rings is 1. The van der Waals surface area contributed by atoms with E-state index in [0.717, 1.165) is 17.1 Å². The quantitative estimate of drug-likeness (QED) is 0.544. The van der Waals surface area contributed by atoms with Gasteiger partial charge in [0.25, 0.3) is 0 Å². The Labute approximate surface area is 156 Å². The molecular formula is C17H19N3O4S2. The van der Waals surface area contributed by atoms with Gasteiger partial charge in [0.15, 0.2) is 11.0 Å². The first-order valence-corrected chi connectivity index (χ1v) is 10.9. The van der Waals surface area contributed by atoms with E-state index >= 15 is 0 Å². The Balaban J connectivity index is 1.90. The largest absolute Gasteiger partial charge is 0.497 e. The SMILES string of the molecule is COc1ccc(-c2nnc(SCCS(C)(=O)=O)n2Cc2ccco2)cc1. The van der Waals surface area contributed by atoms with Crippen LogP contribution in [0.2, 0.25) is 0 Å². The van der Waals surface area contributed by atoms with Crippen LogP contribution >= 0.6 is 11.8 Å². The van der Waals surface area contributed by atoms with Gasteiger partial charge in [-0.2, -0.15) is 0 Å². The van der Waals surface area contributed by atoms with Gasteiger partial charge in [-0.3, -0.25) is 4.57 Å². The number of rotatable bonds is 8. The number of sulfone groups is 1. The number of ether oxygens (including phenoxy) is 1. The smallest absolute Gasteiger partial charge is 0.191 e. The van der Waals surface area contributed by atoms with Gasteiger partial charge in [-0.05, 0) is 36.4 Å². The zero-order chi connectivity index (χ0) is 18.6. The zero-order valence-corrected chi connectivity index (χ0v) is 16.1. The summed E-state index contributed by atoms with van der Waals surface area (Å²) >= 11 is 1.36. The lowest BCUT2D eigenvalue weighted by Crippen LogP contribution is -2.07. The topological polar surface area (TPSA) is 87.2 Å². The number of methoxy groups -OCH3 is 1. The lowest BCUT2D eigenvalue weighted by molar-refractivity contribution is 0.415. The van der Waals surface area contributed by atoms with E-state index in [0.29, 0.717) is 23.3 Å². The summed E-state index contributed by atoms with van der Waals surface area (Å²) in [5.74, 6) is 2.71. The van der Waals surface area contributed by atoms with Crippen LogP contribution in [-0.4, -0.2) is 48.1 Å². The third-order valence-corrected chi connectivity index (χ3v) is 5.82. The van der Waals surface area contributed by atoms with Crippen LogP contribution in [0, 0.1) is 0 Å². The number of hydrogen-bond donors (Lipinski definition) is 0. The summed E-state index contributed by atoms with van der Waals surface area (Å²) in [5.41, 5.74) is 0.889. The molecule has 0 unspecified atom stereocenters. The highest BCUT2D eigenvalue weighted by atomic mass is 32.2. The molecule has 3 rings (SSSR count). The molecule has 2 aromatic heterocycles. The summed E-state index contributed by atoms with van der Waals surface area (Å²) in [6.45, 7) is 0.461. The number of aromatic nitrogens is 3. The molecule has 0 saturated carbocycles. The van der Waals surface area contributed by atoms with Gasteiger partial charge < -0.3 is 9.15 Å². The van der Waals surface area contributed by atoms with Crippen LogP contribution in [0.3, 0.4) is 0 Å². The van der Waals surface area contributed by atoms with E-state index in [9.17, 15) is 8.42 Å². The Hall–Kier alpha value is -2.26. The highest BCUT2D eigenvalue weighted by Crippen LogP contribution is 2.26. The average Bonchev–Trinajstić information content (AvgIpc) is 3.25. The van der Waals surface area contributed by atoms with E-state index in [1.807, 2.05) is 41.0 Å². The molecule has 0 aliphatic heterocycles. The molecular weight excluding hydrogens is 374 g/mol. The Kier molecular flexibility index (Phi) is 5.67. The fourth-order valence-electron chi connectivity index (χ4n) is 2.33. The maximum atomic E-state index is 11.4. The summed E-state index contributed by atoms with van der Waals surface area (Å²) in [6, 6.07) is 11.2. The van der Waals surface area contributed by atoms with Gasteiger partial charge in [-0.15, -0.1) is 10.2 Å². The number of hydrogen-bond acceptors (Lipinski definition) is 7. The van der Waals surface area contributed by atoms with Crippen LogP contribution in [0.5, 0.6) is 5.75 Å². The first kappa shape index (κ1) is 18.5. The fraction of sp³-hybridized carbons (Fsp3) is 0.294. The molecule has 0 aliphatic carbocycles. The highest BCUT2D eigenvalue weighted by molar-refractivity contribution is 8.00. The highest BCUT2D eigenvalue weighted by Gasteiger charge is 2.16. The van der Waals surface area contributed by atoms with Crippen molar-refractivity contribution in [2.75, 3.05) is 24.9 Å².